The lowest BCUT2D eigenvalue weighted by Gasteiger charge is -2.24. The first kappa shape index (κ1) is 29.7. The summed E-state index contributed by atoms with van der Waals surface area (Å²) in [6.07, 6.45) is 0.980. The van der Waals surface area contributed by atoms with Crippen molar-refractivity contribution >= 4 is 22.7 Å². The van der Waals surface area contributed by atoms with E-state index in [0.717, 1.165) is 90.3 Å². The van der Waals surface area contributed by atoms with E-state index in [1.165, 1.54) is 0 Å². The van der Waals surface area contributed by atoms with E-state index in [1.54, 1.807) is 28.4 Å². The van der Waals surface area contributed by atoms with E-state index in [-0.39, 0.29) is 0 Å². The van der Waals surface area contributed by atoms with E-state index < -0.39 is 0 Å². The first-order valence-corrected chi connectivity index (χ1v) is 15.3. The van der Waals surface area contributed by atoms with Crippen molar-refractivity contribution in [3.05, 3.63) is 127 Å². The molecule has 0 amide bonds. The lowest BCUT2D eigenvalue weighted by molar-refractivity contribution is 0.112. The van der Waals surface area contributed by atoms with Crippen molar-refractivity contribution in [1.29, 1.82) is 0 Å². The van der Waals surface area contributed by atoms with Gasteiger partial charge in [-0.15, -0.1) is 0 Å². The molecule has 0 aliphatic heterocycles. The standard InChI is InChI=1S/C41H33NO5/c1-44-30-17-9-26(10-18-30)37-38(27-11-19-31(45-2)20-12-27)40(29-15-23-33(47-4)24-16-29)42-36-8-6-5-7-34(36)35(25-43)41(42)39(37)28-13-21-32(46-3)22-14-28/h5-25H,1-4H3. The van der Waals surface area contributed by atoms with Crippen LogP contribution in [0.1, 0.15) is 10.4 Å². The minimum Gasteiger partial charge on any atom is -0.497 e. The number of hydrogen-bond donors (Lipinski definition) is 0. The van der Waals surface area contributed by atoms with Crippen molar-refractivity contribution in [3.8, 4) is 67.6 Å². The van der Waals surface area contributed by atoms with Crippen molar-refractivity contribution in [2.75, 3.05) is 28.4 Å². The zero-order chi connectivity index (χ0) is 32.5. The van der Waals surface area contributed by atoms with Crippen LogP contribution in [0.4, 0.5) is 0 Å². The molecule has 0 unspecified atom stereocenters. The number of hydrogen-bond acceptors (Lipinski definition) is 5. The Balaban J connectivity index is 1.78. The summed E-state index contributed by atoms with van der Waals surface area (Å²) in [6.45, 7) is 0. The molecule has 2 heterocycles. The van der Waals surface area contributed by atoms with E-state index in [2.05, 4.69) is 59.0 Å². The Kier molecular flexibility index (Phi) is 7.84. The fourth-order valence-electron chi connectivity index (χ4n) is 6.48. The van der Waals surface area contributed by atoms with Gasteiger partial charge < -0.3 is 23.3 Å². The average molecular weight is 620 g/mol. The average Bonchev–Trinajstić information content (AvgIpc) is 3.48. The highest BCUT2D eigenvalue weighted by Crippen LogP contribution is 2.50. The third-order valence-electron chi connectivity index (χ3n) is 8.73. The van der Waals surface area contributed by atoms with Crippen LogP contribution in [0.5, 0.6) is 23.0 Å². The Labute approximate surface area is 273 Å². The number of methoxy groups -OCH3 is 4. The predicted octanol–water partition coefficient (Wildman–Crippen LogP) is 9.61. The highest BCUT2D eigenvalue weighted by atomic mass is 16.5. The molecule has 0 atom stereocenters. The molecule has 0 spiro atoms. The van der Waals surface area contributed by atoms with Gasteiger partial charge in [0.25, 0.3) is 0 Å². The van der Waals surface area contributed by atoms with Gasteiger partial charge in [-0.2, -0.15) is 0 Å². The Hall–Kier alpha value is -6.01. The van der Waals surface area contributed by atoms with Crippen molar-refractivity contribution in [2.45, 2.75) is 0 Å². The molecule has 0 bridgehead atoms. The van der Waals surface area contributed by atoms with Crippen molar-refractivity contribution in [3.63, 3.8) is 0 Å². The monoisotopic (exact) mass is 619 g/mol. The first-order valence-electron chi connectivity index (χ1n) is 15.3. The number of carbonyl (C=O) groups excluding carboxylic acids is 1. The lowest BCUT2D eigenvalue weighted by Crippen LogP contribution is -2.03. The van der Waals surface area contributed by atoms with Gasteiger partial charge in [0.15, 0.2) is 6.29 Å². The summed E-state index contributed by atoms with van der Waals surface area (Å²) in [6, 6.07) is 40.4. The fourth-order valence-corrected chi connectivity index (χ4v) is 6.48. The summed E-state index contributed by atoms with van der Waals surface area (Å²) in [4.78, 5) is 13.2. The highest BCUT2D eigenvalue weighted by molar-refractivity contribution is 6.16. The van der Waals surface area contributed by atoms with Gasteiger partial charge in [0, 0.05) is 27.6 Å². The third-order valence-corrected chi connectivity index (χ3v) is 8.73. The van der Waals surface area contributed by atoms with Gasteiger partial charge in [-0.25, -0.2) is 0 Å². The summed E-state index contributed by atoms with van der Waals surface area (Å²) in [5, 5.41) is 0.875. The maximum absolute atomic E-state index is 13.2. The SMILES string of the molecule is COc1ccc(-c2c(-c3ccc(OC)cc3)c(-c3ccc(OC)cc3)n3c(c2-c2ccc(OC)cc2)c(C=O)c2ccccc23)cc1. The van der Waals surface area contributed by atoms with Crippen LogP contribution in [0.3, 0.4) is 0 Å². The Bertz CT molecular complexity index is 2210. The number of pyridine rings is 1. The summed E-state index contributed by atoms with van der Waals surface area (Å²) in [7, 11) is 6.65. The molecule has 0 aliphatic rings. The first-order chi connectivity index (χ1) is 23.1. The minimum absolute atomic E-state index is 0.622. The van der Waals surface area contributed by atoms with Crippen LogP contribution in [0.15, 0.2) is 121 Å². The third kappa shape index (κ3) is 5.04. The topological polar surface area (TPSA) is 58.4 Å². The zero-order valence-electron chi connectivity index (χ0n) is 26.6. The largest absolute Gasteiger partial charge is 0.497 e. The maximum Gasteiger partial charge on any atom is 0.152 e. The number of para-hydroxylation sites is 1. The van der Waals surface area contributed by atoms with Crippen LogP contribution in [0.25, 0.3) is 61.1 Å². The molecule has 0 radical (unpaired) electrons. The quantitative estimate of drug-likeness (QED) is 0.151. The second-order valence-corrected chi connectivity index (χ2v) is 11.1. The van der Waals surface area contributed by atoms with Crippen molar-refractivity contribution in [1.82, 2.24) is 4.40 Å². The number of aldehydes is 1. The molecule has 0 N–H and O–H groups in total. The number of ether oxygens (including phenoxy) is 4. The predicted molar refractivity (Wildman–Crippen MR) is 188 cm³/mol. The van der Waals surface area contributed by atoms with Crippen molar-refractivity contribution in [2.24, 2.45) is 0 Å². The Morgan fingerprint density at radius 3 is 1.32 bits per heavy atom. The van der Waals surface area contributed by atoms with Crippen LogP contribution >= 0.6 is 0 Å². The number of aromatic nitrogens is 1. The van der Waals surface area contributed by atoms with Gasteiger partial charge in [-0.3, -0.25) is 4.79 Å². The minimum atomic E-state index is 0.622. The van der Waals surface area contributed by atoms with Gasteiger partial charge in [-0.05, 0) is 89.0 Å². The number of fused-ring (bicyclic) bond motifs is 3. The molecule has 0 saturated carbocycles. The van der Waals surface area contributed by atoms with Crippen LogP contribution in [-0.4, -0.2) is 39.1 Å². The molecule has 0 aliphatic carbocycles. The molecule has 7 aromatic rings. The van der Waals surface area contributed by atoms with Crippen LogP contribution < -0.4 is 18.9 Å². The highest BCUT2D eigenvalue weighted by Gasteiger charge is 2.28. The number of benzene rings is 5. The van der Waals surface area contributed by atoms with E-state index in [4.69, 9.17) is 18.9 Å². The van der Waals surface area contributed by atoms with E-state index in [1.807, 2.05) is 66.7 Å². The summed E-state index contributed by atoms with van der Waals surface area (Å²) >= 11 is 0. The second-order valence-electron chi connectivity index (χ2n) is 11.1. The molecule has 5 aromatic carbocycles. The molecule has 0 saturated heterocycles. The summed E-state index contributed by atoms with van der Waals surface area (Å²) < 4.78 is 24.4. The van der Waals surface area contributed by atoms with Crippen LogP contribution in [0.2, 0.25) is 0 Å². The van der Waals surface area contributed by atoms with Gasteiger partial charge in [0.1, 0.15) is 23.0 Å². The normalized spacial score (nSPS) is 11.1. The van der Waals surface area contributed by atoms with Crippen LogP contribution in [-0.2, 0) is 0 Å². The number of carbonyl (C=O) groups is 1. The molecule has 2 aromatic heterocycles. The molecule has 6 heteroatoms. The van der Waals surface area contributed by atoms with Gasteiger partial charge in [-0.1, -0.05) is 54.6 Å². The fraction of sp³-hybridized carbons (Fsp3) is 0.0976. The molecule has 0 fully saturated rings. The van der Waals surface area contributed by atoms with E-state index >= 15 is 0 Å². The summed E-state index contributed by atoms with van der Waals surface area (Å²) in [5.41, 5.74) is 10.1. The number of nitrogens with zero attached hydrogens (tertiary/aromatic N) is 1. The maximum atomic E-state index is 13.2. The van der Waals surface area contributed by atoms with Gasteiger partial charge in [0.05, 0.1) is 45.2 Å². The zero-order valence-corrected chi connectivity index (χ0v) is 26.6. The van der Waals surface area contributed by atoms with Crippen LogP contribution in [0, 0.1) is 0 Å². The lowest BCUT2D eigenvalue weighted by atomic mass is 9.84. The Morgan fingerprint density at radius 2 is 0.872 bits per heavy atom. The molecule has 6 nitrogen and oxygen atoms in total. The summed E-state index contributed by atoms with van der Waals surface area (Å²) in [5.74, 6) is 3.02. The molecule has 7 rings (SSSR count). The van der Waals surface area contributed by atoms with E-state index in [0.29, 0.717) is 5.56 Å². The second kappa shape index (κ2) is 12.4. The van der Waals surface area contributed by atoms with Gasteiger partial charge in [0.2, 0.25) is 0 Å². The Morgan fingerprint density at radius 1 is 0.468 bits per heavy atom. The smallest absolute Gasteiger partial charge is 0.152 e. The molecular weight excluding hydrogens is 586 g/mol. The van der Waals surface area contributed by atoms with Gasteiger partial charge >= 0.3 is 0 Å². The molecule has 232 valence electrons. The molecule has 47 heavy (non-hydrogen) atoms. The number of rotatable bonds is 9. The van der Waals surface area contributed by atoms with Crippen molar-refractivity contribution < 1.29 is 23.7 Å². The molecular formula is C41H33NO5. The van der Waals surface area contributed by atoms with E-state index in [9.17, 15) is 4.79 Å².